The van der Waals surface area contributed by atoms with Gasteiger partial charge in [0.25, 0.3) is 0 Å². The number of hydrogen-bond acceptors (Lipinski definition) is 3. The Morgan fingerprint density at radius 2 is 1.21 bits per heavy atom. The summed E-state index contributed by atoms with van der Waals surface area (Å²) in [6, 6.07) is 6.05. The van der Waals surface area contributed by atoms with E-state index in [0.717, 1.165) is 49.9 Å². The Kier molecular flexibility index (Phi) is 4.78. The van der Waals surface area contributed by atoms with E-state index in [1.165, 1.54) is 0 Å². The van der Waals surface area contributed by atoms with Crippen LogP contribution in [-0.2, 0) is 9.59 Å². The summed E-state index contributed by atoms with van der Waals surface area (Å²) >= 11 is 7.15. The first-order chi connectivity index (χ1) is 13.0. The normalized spacial score (nSPS) is 24.1. The Labute approximate surface area is 183 Å². The molecular weight excluding hydrogens is 482 g/mol. The standard InChI is InChI=1S/C23H25Br2NO2/c1-22(2)8-15-20(17(27)10-22)19(12-5-13(24)7-14(25)6-12)21-16(26-15)9-23(3,4)11-18(21)28/h5-7,19,26H,8-11H2,1-4H3. The first-order valence-corrected chi connectivity index (χ1v) is 11.3. The maximum absolute atomic E-state index is 13.3. The van der Waals surface area contributed by atoms with Gasteiger partial charge in [-0.2, -0.15) is 0 Å². The molecule has 0 saturated heterocycles. The van der Waals surface area contributed by atoms with Crippen molar-refractivity contribution in [3.63, 3.8) is 0 Å². The topological polar surface area (TPSA) is 46.2 Å². The smallest absolute Gasteiger partial charge is 0.162 e. The van der Waals surface area contributed by atoms with Crippen LogP contribution in [0.2, 0.25) is 0 Å². The summed E-state index contributed by atoms with van der Waals surface area (Å²) in [4.78, 5) is 26.5. The zero-order valence-electron chi connectivity index (χ0n) is 16.7. The molecule has 0 saturated carbocycles. The second-order valence-electron chi connectivity index (χ2n) is 9.93. The average molecular weight is 507 g/mol. The Bertz CT molecular complexity index is 897. The van der Waals surface area contributed by atoms with Gasteiger partial charge in [0.1, 0.15) is 0 Å². The van der Waals surface area contributed by atoms with Crippen LogP contribution < -0.4 is 5.32 Å². The van der Waals surface area contributed by atoms with Gasteiger partial charge in [0.2, 0.25) is 0 Å². The number of hydrogen-bond donors (Lipinski definition) is 1. The molecule has 0 spiro atoms. The summed E-state index contributed by atoms with van der Waals surface area (Å²) in [7, 11) is 0. The molecule has 3 aliphatic rings. The Balaban J connectivity index is 1.94. The van der Waals surface area contributed by atoms with Crippen LogP contribution in [-0.4, -0.2) is 11.6 Å². The number of benzene rings is 1. The molecule has 0 atom stereocenters. The van der Waals surface area contributed by atoms with Crippen LogP contribution in [0.5, 0.6) is 0 Å². The van der Waals surface area contributed by atoms with Crippen molar-refractivity contribution in [3.8, 4) is 0 Å². The minimum Gasteiger partial charge on any atom is -0.362 e. The fourth-order valence-corrected chi connectivity index (χ4v) is 6.29. The molecule has 0 fully saturated rings. The van der Waals surface area contributed by atoms with Crippen LogP contribution in [0, 0.1) is 10.8 Å². The molecule has 1 aliphatic heterocycles. The van der Waals surface area contributed by atoms with Crippen LogP contribution in [0.25, 0.3) is 0 Å². The summed E-state index contributed by atoms with van der Waals surface area (Å²) in [5, 5.41) is 3.55. The molecule has 3 nitrogen and oxygen atoms in total. The molecule has 0 bridgehead atoms. The van der Waals surface area contributed by atoms with E-state index < -0.39 is 0 Å². The van der Waals surface area contributed by atoms with E-state index in [9.17, 15) is 9.59 Å². The van der Waals surface area contributed by atoms with E-state index in [-0.39, 0.29) is 28.3 Å². The average Bonchev–Trinajstić information content (AvgIpc) is 2.49. The summed E-state index contributed by atoms with van der Waals surface area (Å²) in [5.74, 6) is 0.0281. The Morgan fingerprint density at radius 1 is 0.786 bits per heavy atom. The number of dihydropyridines is 1. The number of carbonyl (C=O) groups is 2. The molecule has 1 aromatic carbocycles. The predicted octanol–water partition coefficient (Wildman–Crippen LogP) is 6.18. The number of allylic oxidation sites excluding steroid dienone is 4. The fraction of sp³-hybridized carbons (Fsp3) is 0.478. The number of carbonyl (C=O) groups excluding carboxylic acids is 2. The predicted molar refractivity (Wildman–Crippen MR) is 118 cm³/mol. The minimum atomic E-state index is -0.285. The van der Waals surface area contributed by atoms with Gasteiger partial charge in [-0.3, -0.25) is 9.59 Å². The summed E-state index contributed by atoms with van der Waals surface area (Å²) in [6.45, 7) is 8.56. The van der Waals surface area contributed by atoms with Crippen molar-refractivity contribution in [1.82, 2.24) is 5.32 Å². The third kappa shape index (κ3) is 3.56. The van der Waals surface area contributed by atoms with E-state index in [2.05, 4.69) is 64.9 Å². The van der Waals surface area contributed by atoms with Crippen molar-refractivity contribution in [1.29, 1.82) is 0 Å². The molecule has 1 N–H and O–H groups in total. The van der Waals surface area contributed by atoms with Crippen LogP contribution in [0.15, 0.2) is 49.7 Å². The van der Waals surface area contributed by atoms with Gasteiger partial charge in [0, 0.05) is 50.2 Å². The third-order valence-electron chi connectivity index (χ3n) is 5.94. The molecule has 1 aromatic rings. The van der Waals surface area contributed by atoms with Gasteiger partial charge in [-0.25, -0.2) is 0 Å². The maximum Gasteiger partial charge on any atom is 0.162 e. The van der Waals surface area contributed by atoms with Crippen LogP contribution >= 0.6 is 31.9 Å². The molecule has 28 heavy (non-hydrogen) atoms. The zero-order valence-corrected chi connectivity index (χ0v) is 19.9. The summed E-state index contributed by atoms with van der Waals surface area (Å²) < 4.78 is 1.87. The van der Waals surface area contributed by atoms with Crippen LogP contribution in [0.3, 0.4) is 0 Å². The molecule has 1 heterocycles. The van der Waals surface area contributed by atoms with Gasteiger partial charge in [-0.05, 0) is 47.4 Å². The van der Waals surface area contributed by atoms with Crippen molar-refractivity contribution in [2.45, 2.75) is 59.3 Å². The number of rotatable bonds is 1. The SMILES string of the molecule is CC1(C)CC(=O)C2=C(C1)NC1=C(C(=O)CC(C)(C)C1)C2c1cc(Br)cc(Br)c1. The monoisotopic (exact) mass is 505 g/mol. The molecular formula is C23H25Br2NO2. The molecule has 148 valence electrons. The molecule has 4 rings (SSSR count). The fourth-order valence-electron chi connectivity index (χ4n) is 4.96. The minimum absolute atomic E-state index is 0.0718. The lowest BCUT2D eigenvalue weighted by molar-refractivity contribution is -0.119. The van der Waals surface area contributed by atoms with E-state index >= 15 is 0 Å². The Morgan fingerprint density at radius 3 is 1.64 bits per heavy atom. The second kappa shape index (κ2) is 6.66. The number of Topliss-reactive ketones (excluding diaryl/α,β-unsaturated/α-hetero) is 2. The van der Waals surface area contributed by atoms with Gasteiger partial charge < -0.3 is 5.32 Å². The van der Waals surface area contributed by atoms with Crippen molar-refractivity contribution >= 4 is 43.4 Å². The van der Waals surface area contributed by atoms with Crippen LogP contribution in [0.4, 0.5) is 0 Å². The molecule has 0 amide bonds. The van der Waals surface area contributed by atoms with Crippen molar-refractivity contribution in [3.05, 3.63) is 55.2 Å². The lowest BCUT2D eigenvalue weighted by Gasteiger charge is -2.44. The maximum atomic E-state index is 13.3. The lowest BCUT2D eigenvalue weighted by atomic mass is 9.64. The van der Waals surface area contributed by atoms with Crippen molar-refractivity contribution < 1.29 is 9.59 Å². The largest absolute Gasteiger partial charge is 0.362 e. The lowest BCUT2D eigenvalue weighted by Crippen LogP contribution is -2.42. The second-order valence-corrected chi connectivity index (χ2v) is 11.8. The highest BCUT2D eigenvalue weighted by atomic mass is 79.9. The molecule has 5 heteroatoms. The number of halogens is 2. The highest BCUT2D eigenvalue weighted by Gasteiger charge is 2.46. The van der Waals surface area contributed by atoms with E-state index in [4.69, 9.17) is 0 Å². The van der Waals surface area contributed by atoms with E-state index in [1.807, 2.05) is 18.2 Å². The Hall–Kier alpha value is -1.20. The van der Waals surface area contributed by atoms with Gasteiger partial charge in [0.05, 0.1) is 0 Å². The third-order valence-corrected chi connectivity index (χ3v) is 6.85. The number of nitrogens with one attached hydrogen (secondary N) is 1. The van der Waals surface area contributed by atoms with Gasteiger partial charge in [0.15, 0.2) is 11.6 Å². The first-order valence-electron chi connectivity index (χ1n) is 9.71. The van der Waals surface area contributed by atoms with Crippen LogP contribution in [0.1, 0.15) is 64.9 Å². The van der Waals surface area contributed by atoms with Gasteiger partial charge >= 0.3 is 0 Å². The highest BCUT2D eigenvalue weighted by Crippen LogP contribution is 2.51. The van der Waals surface area contributed by atoms with E-state index in [1.54, 1.807) is 0 Å². The summed E-state index contributed by atoms with van der Waals surface area (Å²) in [6.07, 6.45) is 2.68. The van der Waals surface area contributed by atoms with Gasteiger partial charge in [-0.15, -0.1) is 0 Å². The number of ketones is 2. The molecule has 0 radical (unpaired) electrons. The highest BCUT2D eigenvalue weighted by molar-refractivity contribution is 9.11. The molecule has 0 unspecified atom stereocenters. The summed E-state index contributed by atoms with van der Waals surface area (Å²) in [5.41, 5.74) is 4.43. The van der Waals surface area contributed by atoms with Crippen molar-refractivity contribution in [2.75, 3.05) is 0 Å². The van der Waals surface area contributed by atoms with E-state index in [0.29, 0.717) is 12.8 Å². The molecule has 2 aliphatic carbocycles. The first kappa shape index (κ1) is 20.1. The van der Waals surface area contributed by atoms with Gasteiger partial charge in [-0.1, -0.05) is 59.6 Å². The van der Waals surface area contributed by atoms with Crippen molar-refractivity contribution in [2.24, 2.45) is 10.8 Å². The zero-order chi connectivity index (χ0) is 20.4. The quantitative estimate of drug-likeness (QED) is 0.494. The molecule has 0 aromatic heterocycles.